The van der Waals surface area contributed by atoms with Crippen molar-refractivity contribution in [1.82, 2.24) is 5.32 Å². The minimum Gasteiger partial charge on any atom is -0.485 e. The van der Waals surface area contributed by atoms with Crippen LogP contribution in [0.3, 0.4) is 0 Å². The Morgan fingerprint density at radius 3 is 2.63 bits per heavy atom. The molecule has 6 nitrogen and oxygen atoms in total. The Hall–Kier alpha value is -3.35. The maximum Gasteiger partial charge on any atom is 0.182 e. The van der Waals surface area contributed by atoms with Gasteiger partial charge in [0.2, 0.25) is 0 Å². The van der Waals surface area contributed by atoms with Crippen LogP contribution in [0, 0.1) is 22.8 Å². The molecule has 0 aliphatic carbocycles. The summed E-state index contributed by atoms with van der Waals surface area (Å²) in [5, 5.41) is 31.8. The van der Waals surface area contributed by atoms with Crippen LogP contribution in [0.5, 0.6) is 5.75 Å². The summed E-state index contributed by atoms with van der Waals surface area (Å²) >= 11 is 0. The zero-order valence-electron chi connectivity index (χ0n) is 15.2. The molecule has 0 saturated heterocycles. The van der Waals surface area contributed by atoms with Crippen molar-refractivity contribution in [1.29, 1.82) is 10.5 Å². The summed E-state index contributed by atoms with van der Waals surface area (Å²) in [4.78, 5) is 4.66. The highest BCUT2D eigenvalue weighted by atomic mass is 16.5. The lowest BCUT2D eigenvalue weighted by Gasteiger charge is -2.40. The van der Waals surface area contributed by atoms with Gasteiger partial charge in [-0.05, 0) is 37.6 Å². The van der Waals surface area contributed by atoms with Gasteiger partial charge in [-0.15, -0.1) is 0 Å². The van der Waals surface area contributed by atoms with Crippen LogP contribution >= 0.6 is 0 Å². The highest BCUT2D eigenvalue weighted by molar-refractivity contribution is 5.86. The monoisotopic (exact) mass is 360 g/mol. The number of fused-ring (bicyclic) bond motifs is 1. The van der Waals surface area contributed by atoms with Gasteiger partial charge >= 0.3 is 0 Å². The van der Waals surface area contributed by atoms with Crippen LogP contribution in [0.4, 0.5) is 0 Å². The zero-order valence-corrected chi connectivity index (χ0v) is 15.2. The molecular formula is C21H20N4O2. The first-order chi connectivity index (χ1) is 12.9. The summed E-state index contributed by atoms with van der Waals surface area (Å²) in [5.41, 5.74) is 1.22. The lowest BCUT2D eigenvalue weighted by Crippen LogP contribution is -2.48. The van der Waals surface area contributed by atoms with Crippen LogP contribution in [0.15, 0.2) is 53.5 Å². The number of nitrogens with one attached hydrogen (secondary N) is 1. The normalized spacial score (nSPS) is 20.6. The third-order valence-electron chi connectivity index (χ3n) is 4.55. The summed E-state index contributed by atoms with van der Waals surface area (Å²) in [6.45, 7) is 3.58. The predicted molar refractivity (Wildman–Crippen MR) is 101 cm³/mol. The van der Waals surface area contributed by atoms with Gasteiger partial charge in [0.25, 0.3) is 0 Å². The van der Waals surface area contributed by atoms with E-state index in [1.165, 1.54) is 0 Å². The second kappa shape index (κ2) is 7.49. The van der Waals surface area contributed by atoms with Gasteiger partial charge in [-0.3, -0.25) is 10.3 Å². The molecule has 0 unspecified atom stereocenters. The molecule has 0 saturated carbocycles. The number of aliphatic hydroxyl groups excluding tert-OH is 1. The lowest BCUT2D eigenvalue weighted by molar-refractivity contribution is -0.0567. The summed E-state index contributed by atoms with van der Waals surface area (Å²) in [7, 11) is 0. The summed E-state index contributed by atoms with van der Waals surface area (Å²) in [5.74, 6) is 1.02. The first kappa shape index (κ1) is 18.4. The summed E-state index contributed by atoms with van der Waals surface area (Å²) < 4.78 is 5.91. The fraction of sp³-hybridized carbons (Fsp3) is 0.286. The molecule has 2 aromatic rings. The zero-order chi connectivity index (χ0) is 19.4. The second-order valence-corrected chi connectivity index (χ2v) is 6.93. The Morgan fingerprint density at radius 2 is 1.96 bits per heavy atom. The number of aliphatic hydroxyl groups is 1. The fourth-order valence-electron chi connectivity index (χ4n) is 3.12. The number of amidine groups is 1. The van der Waals surface area contributed by atoms with Gasteiger partial charge < -0.3 is 9.84 Å². The van der Waals surface area contributed by atoms with Gasteiger partial charge in [-0.1, -0.05) is 30.3 Å². The molecule has 2 atom stereocenters. The first-order valence-corrected chi connectivity index (χ1v) is 8.61. The van der Waals surface area contributed by atoms with E-state index in [2.05, 4.69) is 16.4 Å². The van der Waals surface area contributed by atoms with E-state index in [1.54, 1.807) is 32.0 Å². The number of ether oxygens (including phenoxy) is 1. The quantitative estimate of drug-likeness (QED) is 0.379. The van der Waals surface area contributed by atoms with Crippen molar-refractivity contribution in [2.75, 3.05) is 0 Å². The average Bonchev–Trinajstić information content (AvgIpc) is 2.66. The maximum absolute atomic E-state index is 10.9. The SMILES string of the molecule is CC1(C)Oc2ccc(C#N)cc2[C@@H](N=C(Cc2ccccc2)NC#N)[C@@H]1O. The van der Waals surface area contributed by atoms with Crippen LogP contribution < -0.4 is 10.1 Å². The molecule has 0 amide bonds. The number of rotatable bonds is 3. The smallest absolute Gasteiger partial charge is 0.182 e. The van der Waals surface area contributed by atoms with Crippen molar-refractivity contribution in [3.05, 3.63) is 65.2 Å². The van der Waals surface area contributed by atoms with Crippen molar-refractivity contribution >= 4 is 5.84 Å². The molecule has 0 aromatic heterocycles. The van der Waals surface area contributed by atoms with Crippen LogP contribution in [-0.4, -0.2) is 22.6 Å². The van der Waals surface area contributed by atoms with Crippen LogP contribution in [0.1, 0.15) is 36.6 Å². The molecule has 6 heteroatoms. The van der Waals surface area contributed by atoms with Crippen molar-refractivity contribution in [3.63, 3.8) is 0 Å². The largest absolute Gasteiger partial charge is 0.485 e. The Bertz CT molecular complexity index is 939. The molecule has 0 spiro atoms. The molecule has 2 aromatic carbocycles. The molecule has 1 heterocycles. The van der Waals surface area contributed by atoms with E-state index in [9.17, 15) is 10.4 Å². The molecule has 0 radical (unpaired) electrons. The van der Waals surface area contributed by atoms with Crippen molar-refractivity contribution < 1.29 is 9.84 Å². The van der Waals surface area contributed by atoms with Gasteiger partial charge in [0, 0.05) is 12.0 Å². The summed E-state index contributed by atoms with van der Waals surface area (Å²) in [6, 6.07) is 16.2. The molecule has 1 aliphatic rings. The van der Waals surface area contributed by atoms with E-state index in [4.69, 9.17) is 10.00 Å². The molecule has 3 rings (SSSR count). The van der Waals surface area contributed by atoms with Gasteiger partial charge in [0.1, 0.15) is 29.3 Å². The van der Waals surface area contributed by atoms with E-state index in [0.717, 1.165) is 5.56 Å². The van der Waals surface area contributed by atoms with E-state index in [1.807, 2.05) is 36.5 Å². The van der Waals surface area contributed by atoms with Gasteiger partial charge in [-0.25, -0.2) is 0 Å². The van der Waals surface area contributed by atoms with Gasteiger partial charge in [0.15, 0.2) is 6.19 Å². The lowest BCUT2D eigenvalue weighted by atomic mass is 9.86. The number of benzene rings is 2. The van der Waals surface area contributed by atoms with Crippen molar-refractivity contribution in [3.8, 4) is 18.0 Å². The number of nitriles is 2. The molecule has 2 N–H and O–H groups in total. The first-order valence-electron chi connectivity index (χ1n) is 8.61. The van der Waals surface area contributed by atoms with Crippen LogP contribution in [0.2, 0.25) is 0 Å². The van der Waals surface area contributed by atoms with Crippen LogP contribution in [0.25, 0.3) is 0 Å². The predicted octanol–water partition coefficient (Wildman–Crippen LogP) is 2.84. The van der Waals surface area contributed by atoms with E-state index in [0.29, 0.717) is 29.1 Å². The molecule has 1 aliphatic heterocycles. The topological polar surface area (TPSA) is 101 Å². The van der Waals surface area contributed by atoms with E-state index in [-0.39, 0.29) is 0 Å². The number of hydrogen-bond donors (Lipinski definition) is 2. The van der Waals surface area contributed by atoms with E-state index >= 15 is 0 Å². The van der Waals surface area contributed by atoms with E-state index < -0.39 is 17.7 Å². The molecular weight excluding hydrogens is 340 g/mol. The number of hydrogen-bond acceptors (Lipinski definition) is 5. The average molecular weight is 360 g/mol. The Labute approximate surface area is 158 Å². The number of aliphatic imine (C=N–C) groups is 1. The van der Waals surface area contributed by atoms with Gasteiger partial charge in [0.05, 0.1) is 11.6 Å². The minimum absolute atomic E-state index is 0.423. The third kappa shape index (κ3) is 3.92. The van der Waals surface area contributed by atoms with Crippen molar-refractivity contribution in [2.45, 2.75) is 38.0 Å². The minimum atomic E-state index is -0.940. The Kier molecular flexibility index (Phi) is 5.12. The maximum atomic E-state index is 10.9. The van der Waals surface area contributed by atoms with Crippen LogP contribution in [-0.2, 0) is 6.42 Å². The van der Waals surface area contributed by atoms with Gasteiger partial charge in [-0.2, -0.15) is 10.5 Å². The summed E-state index contributed by atoms with van der Waals surface area (Å²) in [6.07, 6.45) is 1.40. The standard InChI is InChI=1S/C21H20N4O2/c1-21(2)20(26)19(16-10-15(12-22)8-9-17(16)27-21)25-18(24-13-23)11-14-6-4-3-5-7-14/h3-10,19-20,26H,11H2,1-2H3,(H,24,25)/t19-,20+/m1/s1. The highest BCUT2D eigenvalue weighted by Gasteiger charge is 2.43. The number of nitrogens with zero attached hydrogens (tertiary/aromatic N) is 3. The molecule has 0 bridgehead atoms. The second-order valence-electron chi connectivity index (χ2n) is 6.93. The third-order valence-corrected chi connectivity index (χ3v) is 4.55. The fourth-order valence-corrected chi connectivity index (χ4v) is 3.12. The molecule has 0 fully saturated rings. The highest BCUT2D eigenvalue weighted by Crippen LogP contribution is 2.42. The molecule has 136 valence electrons. The molecule has 27 heavy (non-hydrogen) atoms. The Balaban J connectivity index is 2.05. The Morgan fingerprint density at radius 1 is 1.22 bits per heavy atom. The van der Waals surface area contributed by atoms with Crippen molar-refractivity contribution in [2.24, 2.45) is 4.99 Å².